The van der Waals surface area contributed by atoms with Crippen molar-refractivity contribution in [3.63, 3.8) is 0 Å². The predicted octanol–water partition coefficient (Wildman–Crippen LogP) is 5.57. The molecule has 24 heavy (non-hydrogen) atoms. The van der Waals surface area contributed by atoms with Gasteiger partial charge in [-0.1, -0.05) is 47.5 Å². The first-order valence-electron chi connectivity index (χ1n) is 7.20. The van der Waals surface area contributed by atoms with Crippen molar-refractivity contribution in [1.82, 2.24) is 4.98 Å². The van der Waals surface area contributed by atoms with Crippen LogP contribution in [0, 0.1) is 18.3 Å². The number of allylic oxidation sites excluding steroid dienone is 1. The maximum atomic E-state index is 12.9. The van der Waals surface area contributed by atoms with Crippen LogP contribution in [0.2, 0.25) is 10.0 Å². The number of hydrogen-bond acceptors (Lipinski definition) is 2. The molecule has 0 spiro atoms. The number of benzene rings is 2. The van der Waals surface area contributed by atoms with Crippen LogP contribution in [-0.2, 0) is 0 Å². The summed E-state index contributed by atoms with van der Waals surface area (Å²) in [5.41, 5.74) is 2.68. The number of carbonyl (C=O) groups is 1. The van der Waals surface area contributed by atoms with E-state index < -0.39 is 0 Å². The fourth-order valence-corrected chi connectivity index (χ4v) is 3.09. The molecule has 0 amide bonds. The van der Waals surface area contributed by atoms with E-state index in [0.29, 0.717) is 21.2 Å². The number of aromatic nitrogens is 1. The number of carbonyl (C=O) groups excluding carboxylic acids is 1. The molecule has 0 saturated heterocycles. The van der Waals surface area contributed by atoms with Gasteiger partial charge in [-0.05, 0) is 36.8 Å². The number of halogens is 2. The highest BCUT2D eigenvalue weighted by atomic mass is 35.5. The molecule has 2 aromatic carbocycles. The average molecular weight is 355 g/mol. The van der Waals surface area contributed by atoms with Gasteiger partial charge in [0.1, 0.15) is 11.6 Å². The van der Waals surface area contributed by atoms with Gasteiger partial charge in [0, 0.05) is 26.6 Å². The van der Waals surface area contributed by atoms with E-state index in [4.69, 9.17) is 23.2 Å². The summed E-state index contributed by atoms with van der Waals surface area (Å²) >= 11 is 12.0. The molecule has 3 rings (SSSR count). The van der Waals surface area contributed by atoms with Crippen molar-refractivity contribution in [3.05, 3.63) is 74.9 Å². The summed E-state index contributed by atoms with van der Waals surface area (Å²) in [7, 11) is 0. The highest BCUT2D eigenvalue weighted by Crippen LogP contribution is 2.27. The molecule has 0 aliphatic carbocycles. The number of para-hydroxylation sites is 1. The molecule has 5 heteroatoms. The number of aryl methyl sites for hydroxylation is 1. The van der Waals surface area contributed by atoms with Gasteiger partial charge in [-0.25, -0.2) is 0 Å². The Bertz CT molecular complexity index is 1030. The molecule has 0 aliphatic rings. The number of nitriles is 1. The van der Waals surface area contributed by atoms with Gasteiger partial charge >= 0.3 is 0 Å². The molecule has 0 aliphatic heterocycles. The second kappa shape index (κ2) is 6.52. The molecule has 0 fully saturated rings. The Labute approximate surface area is 149 Å². The number of rotatable bonds is 3. The number of H-pyrrole nitrogens is 1. The molecule has 0 bridgehead atoms. The summed E-state index contributed by atoms with van der Waals surface area (Å²) in [5.74, 6) is -0.335. The maximum absolute atomic E-state index is 12.9. The lowest BCUT2D eigenvalue weighted by atomic mass is 9.99. The Morgan fingerprint density at radius 2 is 1.96 bits per heavy atom. The zero-order chi connectivity index (χ0) is 17.3. The third-order valence-electron chi connectivity index (χ3n) is 3.75. The zero-order valence-corrected chi connectivity index (χ0v) is 14.2. The van der Waals surface area contributed by atoms with Crippen LogP contribution < -0.4 is 0 Å². The first-order chi connectivity index (χ1) is 11.5. The van der Waals surface area contributed by atoms with Crippen molar-refractivity contribution in [3.8, 4) is 6.07 Å². The number of hydrogen-bond donors (Lipinski definition) is 1. The Morgan fingerprint density at radius 3 is 2.67 bits per heavy atom. The first kappa shape index (κ1) is 16.3. The summed E-state index contributed by atoms with van der Waals surface area (Å²) in [6.07, 6.45) is 1.49. The molecular formula is C19H12Cl2N2O. The van der Waals surface area contributed by atoms with E-state index in [1.807, 2.05) is 37.3 Å². The van der Waals surface area contributed by atoms with Gasteiger partial charge in [0.05, 0.1) is 5.56 Å². The lowest BCUT2D eigenvalue weighted by Crippen LogP contribution is -2.03. The zero-order valence-electron chi connectivity index (χ0n) is 12.7. The number of nitrogens with one attached hydrogen (secondary N) is 1. The Kier molecular flexibility index (Phi) is 4.44. The van der Waals surface area contributed by atoms with E-state index >= 15 is 0 Å². The number of fused-ring (bicyclic) bond motifs is 1. The lowest BCUT2D eigenvalue weighted by Gasteiger charge is -2.02. The minimum absolute atomic E-state index is 0.0204. The van der Waals surface area contributed by atoms with Crippen molar-refractivity contribution >= 4 is 46.0 Å². The van der Waals surface area contributed by atoms with Crippen LogP contribution in [0.4, 0.5) is 0 Å². The third-order valence-corrected chi connectivity index (χ3v) is 4.31. The number of aromatic amines is 1. The van der Waals surface area contributed by atoms with Crippen molar-refractivity contribution in [1.29, 1.82) is 5.26 Å². The Balaban J connectivity index is 2.11. The SMILES string of the molecule is Cc1[nH]c2ccccc2c1C(=O)/C(C#N)=C/c1ccc(Cl)cc1Cl. The quantitative estimate of drug-likeness (QED) is 0.379. The van der Waals surface area contributed by atoms with E-state index in [2.05, 4.69) is 4.98 Å². The van der Waals surface area contributed by atoms with Crippen LogP contribution in [0.3, 0.4) is 0 Å². The summed E-state index contributed by atoms with van der Waals surface area (Å²) in [4.78, 5) is 16.0. The smallest absolute Gasteiger partial charge is 0.205 e. The molecular weight excluding hydrogens is 343 g/mol. The van der Waals surface area contributed by atoms with Crippen LogP contribution in [0.15, 0.2) is 48.0 Å². The summed E-state index contributed by atoms with van der Waals surface area (Å²) in [6.45, 7) is 1.82. The normalized spacial score (nSPS) is 11.5. The molecule has 1 N–H and O–H groups in total. The van der Waals surface area contributed by atoms with E-state index in [1.54, 1.807) is 18.2 Å². The summed E-state index contributed by atoms with van der Waals surface area (Å²) < 4.78 is 0. The van der Waals surface area contributed by atoms with Gasteiger partial charge in [0.2, 0.25) is 5.78 Å². The fourth-order valence-electron chi connectivity index (χ4n) is 2.63. The highest BCUT2D eigenvalue weighted by Gasteiger charge is 2.19. The van der Waals surface area contributed by atoms with Crippen LogP contribution in [0.1, 0.15) is 21.6 Å². The van der Waals surface area contributed by atoms with E-state index in [-0.39, 0.29) is 11.4 Å². The van der Waals surface area contributed by atoms with Crippen LogP contribution in [0.5, 0.6) is 0 Å². The van der Waals surface area contributed by atoms with Crippen LogP contribution in [0.25, 0.3) is 17.0 Å². The summed E-state index contributed by atoms with van der Waals surface area (Å²) in [6, 6.07) is 14.4. The minimum atomic E-state index is -0.335. The van der Waals surface area contributed by atoms with Crippen molar-refractivity contribution in [2.75, 3.05) is 0 Å². The van der Waals surface area contributed by atoms with Gasteiger partial charge in [-0.2, -0.15) is 5.26 Å². The summed E-state index contributed by atoms with van der Waals surface area (Å²) in [5, 5.41) is 11.1. The van der Waals surface area contributed by atoms with Crippen LogP contribution >= 0.6 is 23.2 Å². The van der Waals surface area contributed by atoms with Crippen molar-refractivity contribution in [2.45, 2.75) is 6.92 Å². The molecule has 0 unspecified atom stereocenters. The largest absolute Gasteiger partial charge is 0.358 e. The van der Waals surface area contributed by atoms with Gasteiger partial charge < -0.3 is 4.98 Å². The van der Waals surface area contributed by atoms with Gasteiger partial charge in [-0.15, -0.1) is 0 Å². The standard InChI is InChI=1S/C19H12Cl2N2O/c1-11-18(15-4-2-3-5-17(15)23-11)19(24)13(10-22)8-12-6-7-14(20)9-16(12)21/h2-9,23H,1H3/b13-8+. The molecule has 3 aromatic rings. The Morgan fingerprint density at radius 1 is 1.21 bits per heavy atom. The number of nitrogens with zero attached hydrogens (tertiary/aromatic N) is 1. The predicted molar refractivity (Wildman–Crippen MR) is 97.4 cm³/mol. The molecule has 118 valence electrons. The minimum Gasteiger partial charge on any atom is -0.358 e. The van der Waals surface area contributed by atoms with E-state index in [9.17, 15) is 10.1 Å². The second-order valence-corrected chi connectivity index (χ2v) is 6.18. The highest BCUT2D eigenvalue weighted by molar-refractivity contribution is 6.35. The van der Waals surface area contributed by atoms with Crippen molar-refractivity contribution < 1.29 is 4.79 Å². The topological polar surface area (TPSA) is 56.6 Å². The number of ketones is 1. The fraction of sp³-hybridized carbons (Fsp3) is 0.0526. The van der Waals surface area contributed by atoms with Gasteiger partial charge in [-0.3, -0.25) is 4.79 Å². The maximum Gasteiger partial charge on any atom is 0.205 e. The molecule has 1 heterocycles. The first-order valence-corrected chi connectivity index (χ1v) is 7.95. The molecule has 0 atom stereocenters. The molecule has 1 aromatic heterocycles. The molecule has 3 nitrogen and oxygen atoms in total. The molecule has 0 saturated carbocycles. The van der Waals surface area contributed by atoms with Gasteiger partial charge in [0.25, 0.3) is 0 Å². The van der Waals surface area contributed by atoms with E-state index in [0.717, 1.165) is 16.6 Å². The van der Waals surface area contributed by atoms with Crippen molar-refractivity contribution in [2.24, 2.45) is 0 Å². The van der Waals surface area contributed by atoms with E-state index in [1.165, 1.54) is 6.08 Å². The molecule has 0 radical (unpaired) electrons. The third kappa shape index (κ3) is 2.94. The number of Topliss-reactive ketones (excluding diaryl/α,β-unsaturated/α-hetero) is 1. The van der Waals surface area contributed by atoms with Crippen LogP contribution in [-0.4, -0.2) is 10.8 Å². The second-order valence-electron chi connectivity index (χ2n) is 5.34. The lowest BCUT2D eigenvalue weighted by molar-refractivity contribution is 0.104. The van der Waals surface area contributed by atoms with Gasteiger partial charge in [0.15, 0.2) is 0 Å². The Hall–Kier alpha value is -2.54. The average Bonchev–Trinajstić information content (AvgIpc) is 2.89. The monoisotopic (exact) mass is 354 g/mol.